The highest BCUT2D eigenvalue weighted by Crippen LogP contribution is 2.09. The second-order valence-electron chi connectivity index (χ2n) is 5.35. The van der Waals surface area contributed by atoms with E-state index in [1.165, 1.54) is 24.3 Å². The Morgan fingerprint density at radius 2 is 1.41 bits per heavy atom. The van der Waals surface area contributed by atoms with Crippen LogP contribution >= 0.6 is 0 Å². The van der Waals surface area contributed by atoms with Crippen LogP contribution in [-0.2, 0) is 9.47 Å². The lowest BCUT2D eigenvalue weighted by atomic mass is 10.1. The molecule has 0 radical (unpaired) electrons. The van der Waals surface area contributed by atoms with E-state index in [0.29, 0.717) is 30.1 Å². The van der Waals surface area contributed by atoms with Crippen LogP contribution in [0, 0.1) is 5.92 Å². The van der Waals surface area contributed by atoms with Crippen molar-refractivity contribution in [1.82, 2.24) is 0 Å². The zero-order valence-electron chi connectivity index (χ0n) is 13.4. The highest BCUT2D eigenvalue weighted by Gasteiger charge is 2.13. The van der Waals surface area contributed by atoms with Crippen molar-refractivity contribution >= 4 is 11.9 Å². The minimum absolute atomic E-state index is 0.0337. The zero-order chi connectivity index (χ0) is 16.5. The molecule has 22 heavy (non-hydrogen) atoms. The van der Waals surface area contributed by atoms with Crippen LogP contribution in [0.5, 0.6) is 0 Å². The zero-order valence-corrected chi connectivity index (χ0v) is 13.4. The SMILES string of the molecule is CCC(C)COC(=O)c1ccc(C(=O)OCC(O)CC)cc1. The van der Waals surface area contributed by atoms with Gasteiger partial charge in [-0.05, 0) is 36.6 Å². The molecule has 5 nitrogen and oxygen atoms in total. The minimum Gasteiger partial charge on any atom is -0.462 e. The number of hydrogen-bond acceptors (Lipinski definition) is 5. The lowest BCUT2D eigenvalue weighted by molar-refractivity contribution is 0.0249. The summed E-state index contributed by atoms with van der Waals surface area (Å²) in [6.07, 6.45) is 0.814. The summed E-state index contributed by atoms with van der Waals surface area (Å²) in [5.74, 6) is -0.600. The Labute approximate surface area is 131 Å². The van der Waals surface area contributed by atoms with Gasteiger partial charge in [0.15, 0.2) is 0 Å². The number of rotatable bonds is 8. The van der Waals surface area contributed by atoms with E-state index in [9.17, 15) is 14.7 Å². The van der Waals surface area contributed by atoms with E-state index in [1.54, 1.807) is 6.92 Å². The van der Waals surface area contributed by atoms with Crippen LogP contribution in [0.25, 0.3) is 0 Å². The van der Waals surface area contributed by atoms with Crippen LogP contribution in [0.4, 0.5) is 0 Å². The molecule has 0 saturated heterocycles. The Morgan fingerprint density at radius 3 is 1.82 bits per heavy atom. The summed E-state index contributed by atoms with van der Waals surface area (Å²) in [6, 6.07) is 6.10. The maximum Gasteiger partial charge on any atom is 0.338 e. The predicted octanol–water partition coefficient (Wildman–Crippen LogP) is 2.82. The summed E-state index contributed by atoms with van der Waals surface area (Å²) in [6.45, 7) is 6.20. The monoisotopic (exact) mass is 308 g/mol. The number of carbonyl (C=O) groups excluding carboxylic acids is 2. The van der Waals surface area contributed by atoms with E-state index in [1.807, 2.05) is 13.8 Å². The molecule has 1 N–H and O–H groups in total. The number of benzene rings is 1. The predicted molar refractivity (Wildman–Crippen MR) is 82.8 cm³/mol. The number of hydrogen-bond donors (Lipinski definition) is 1. The van der Waals surface area contributed by atoms with E-state index in [2.05, 4.69) is 0 Å². The van der Waals surface area contributed by atoms with Gasteiger partial charge >= 0.3 is 11.9 Å². The molecule has 1 aromatic rings. The average Bonchev–Trinajstić information content (AvgIpc) is 2.56. The molecule has 0 aliphatic rings. The van der Waals surface area contributed by atoms with Crippen LogP contribution in [0.15, 0.2) is 24.3 Å². The quantitative estimate of drug-likeness (QED) is 0.748. The van der Waals surface area contributed by atoms with Gasteiger partial charge in [0.2, 0.25) is 0 Å². The molecule has 1 aromatic carbocycles. The third-order valence-electron chi connectivity index (χ3n) is 3.43. The molecule has 0 bridgehead atoms. The van der Waals surface area contributed by atoms with Crippen molar-refractivity contribution in [2.45, 2.75) is 39.7 Å². The van der Waals surface area contributed by atoms with Crippen LogP contribution in [-0.4, -0.2) is 36.4 Å². The van der Waals surface area contributed by atoms with Gasteiger partial charge in [-0.15, -0.1) is 0 Å². The second kappa shape index (κ2) is 9.20. The van der Waals surface area contributed by atoms with Crippen molar-refractivity contribution in [2.24, 2.45) is 5.92 Å². The van der Waals surface area contributed by atoms with Gasteiger partial charge in [0.25, 0.3) is 0 Å². The van der Waals surface area contributed by atoms with Gasteiger partial charge in [-0.1, -0.05) is 27.2 Å². The maximum atomic E-state index is 11.8. The van der Waals surface area contributed by atoms with E-state index in [0.717, 1.165) is 6.42 Å². The normalized spacial score (nSPS) is 13.3. The summed E-state index contributed by atoms with van der Waals surface area (Å²) in [4.78, 5) is 23.6. The first kappa shape index (κ1) is 18.2. The topological polar surface area (TPSA) is 72.8 Å². The number of esters is 2. The molecule has 0 saturated carbocycles. The number of aliphatic hydroxyl groups is 1. The fraction of sp³-hybridized carbons (Fsp3) is 0.529. The van der Waals surface area contributed by atoms with Gasteiger partial charge in [-0.3, -0.25) is 0 Å². The summed E-state index contributed by atoms with van der Waals surface area (Å²) in [7, 11) is 0. The van der Waals surface area contributed by atoms with Gasteiger partial charge in [0.1, 0.15) is 6.61 Å². The lowest BCUT2D eigenvalue weighted by Crippen LogP contribution is -2.17. The third-order valence-corrected chi connectivity index (χ3v) is 3.43. The van der Waals surface area contributed by atoms with Gasteiger partial charge in [-0.25, -0.2) is 9.59 Å². The number of aliphatic hydroxyl groups excluding tert-OH is 1. The van der Waals surface area contributed by atoms with Crippen molar-refractivity contribution < 1.29 is 24.2 Å². The van der Waals surface area contributed by atoms with Crippen LogP contribution in [0.2, 0.25) is 0 Å². The van der Waals surface area contributed by atoms with E-state index >= 15 is 0 Å². The Hall–Kier alpha value is -1.88. The fourth-order valence-corrected chi connectivity index (χ4v) is 1.53. The summed E-state index contributed by atoms with van der Waals surface area (Å²) >= 11 is 0. The smallest absolute Gasteiger partial charge is 0.338 e. The van der Waals surface area contributed by atoms with Crippen LogP contribution in [0.1, 0.15) is 54.3 Å². The number of ether oxygens (including phenoxy) is 2. The third kappa shape index (κ3) is 5.85. The van der Waals surface area contributed by atoms with Crippen molar-refractivity contribution in [2.75, 3.05) is 13.2 Å². The van der Waals surface area contributed by atoms with E-state index in [4.69, 9.17) is 9.47 Å². The first-order valence-corrected chi connectivity index (χ1v) is 7.60. The lowest BCUT2D eigenvalue weighted by Gasteiger charge is -2.10. The number of carbonyl (C=O) groups is 2. The standard InChI is InChI=1S/C17H24O5/c1-4-12(3)10-21-16(19)13-6-8-14(9-7-13)17(20)22-11-15(18)5-2/h6-9,12,15,18H,4-5,10-11H2,1-3H3. The average molecular weight is 308 g/mol. The Bertz CT molecular complexity index is 435. The van der Waals surface area contributed by atoms with Gasteiger partial charge in [0, 0.05) is 0 Å². The van der Waals surface area contributed by atoms with Crippen molar-refractivity contribution in [1.29, 1.82) is 0 Å². The van der Waals surface area contributed by atoms with Crippen molar-refractivity contribution in [3.63, 3.8) is 0 Å². The molecule has 1 rings (SSSR count). The molecular formula is C17H24O5. The first-order valence-electron chi connectivity index (χ1n) is 7.60. The molecule has 0 aliphatic heterocycles. The molecule has 2 unspecified atom stereocenters. The molecular weight excluding hydrogens is 284 g/mol. The second-order valence-corrected chi connectivity index (χ2v) is 5.35. The maximum absolute atomic E-state index is 11.8. The Kier molecular flexibility index (Phi) is 7.60. The highest BCUT2D eigenvalue weighted by molar-refractivity contribution is 5.93. The molecule has 2 atom stereocenters. The van der Waals surface area contributed by atoms with Crippen molar-refractivity contribution in [3.05, 3.63) is 35.4 Å². The molecule has 122 valence electrons. The molecule has 0 heterocycles. The minimum atomic E-state index is -0.654. The van der Waals surface area contributed by atoms with Crippen LogP contribution in [0.3, 0.4) is 0 Å². The molecule has 0 fully saturated rings. The fourth-order valence-electron chi connectivity index (χ4n) is 1.53. The van der Waals surface area contributed by atoms with Gasteiger partial charge in [0.05, 0.1) is 23.8 Å². The van der Waals surface area contributed by atoms with Crippen molar-refractivity contribution in [3.8, 4) is 0 Å². The van der Waals surface area contributed by atoms with Gasteiger partial charge < -0.3 is 14.6 Å². The highest BCUT2D eigenvalue weighted by atomic mass is 16.5. The van der Waals surface area contributed by atoms with Crippen LogP contribution < -0.4 is 0 Å². The summed E-state index contributed by atoms with van der Waals surface area (Å²) < 4.78 is 10.2. The molecule has 0 aliphatic carbocycles. The van der Waals surface area contributed by atoms with Gasteiger partial charge in [-0.2, -0.15) is 0 Å². The summed E-state index contributed by atoms with van der Waals surface area (Å²) in [5, 5.41) is 9.36. The molecule has 0 spiro atoms. The molecule has 0 aromatic heterocycles. The van der Waals surface area contributed by atoms with E-state index < -0.39 is 18.0 Å². The molecule has 5 heteroatoms. The van der Waals surface area contributed by atoms with E-state index in [-0.39, 0.29) is 6.61 Å². The summed E-state index contributed by atoms with van der Waals surface area (Å²) in [5.41, 5.74) is 0.732. The Balaban J connectivity index is 2.55. The molecule has 0 amide bonds. The Morgan fingerprint density at radius 1 is 0.955 bits per heavy atom. The first-order chi connectivity index (χ1) is 10.5. The largest absolute Gasteiger partial charge is 0.462 e.